The number of carbonyl (C=O) groups excluding carboxylic acids is 1. The summed E-state index contributed by atoms with van der Waals surface area (Å²) in [6.45, 7) is 0.977. The maximum absolute atomic E-state index is 11.3. The van der Waals surface area contributed by atoms with Gasteiger partial charge in [-0.05, 0) is 25.2 Å². The number of hydrogen-bond acceptors (Lipinski definition) is 4. The Hall–Kier alpha value is -1.03. The third kappa shape index (κ3) is 2.15. The quantitative estimate of drug-likeness (QED) is 0.572. The molecule has 3 unspecified atom stereocenters. The second-order valence-corrected chi connectivity index (χ2v) is 4.60. The number of hydrogen-bond donors (Lipinski definition) is 3. The Morgan fingerprint density at radius 3 is 2.87 bits per heavy atom. The molecular formula is C11H19N3O. The van der Waals surface area contributed by atoms with E-state index >= 15 is 0 Å². The summed E-state index contributed by atoms with van der Waals surface area (Å²) in [5.74, 6) is 1.13. The summed E-state index contributed by atoms with van der Waals surface area (Å²) in [6, 6.07) is -0.258. The van der Waals surface area contributed by atoms with Crippen molar-refractivity contribution in [2.75, 3.05) is 6.54 Å². The normalized spacial score (nSPS) is 37.0. The molecule has 15 heavy (non-hydrogen) atoms. The minimum atomic E-state index is -0.258. The molecule has 2 aliphatic rings. The van der Waals surface area contributed by atoms with Gasteiger partial charge < -0.3 is 16.8 Å². The zero-order chi connectivity index (χ0) is 10.8. The highest BCUT2D eigenvalue weighted by molar-refractivity contribution is 5.84. The third-order valence-corrected chi connectivity index (χ3v) is 3.60. The van der Waals surface area contributed by atoms with Crippen LogP contribution < -0.4 is 16.8 Å². The van der Waals surface area contributed by atoms with Crippen molar-refractivity contribution >= 4 is 5.78 Å². The molecule has 1 heterocycles. The number of carbonyl (C=O) groups is 1. The molecule has 0 aromatic carbocycles. The molecule has 0 spiro atoms. The van der Waals surface area contributed by atoms with Crippen LogP contribution in [0.1, 0.15) is 25.7 Å². The molecule has 1 aliphatic heterocycles. The van der Waals surface area contributed by atoms with Crippen molar-refractivity contribution in [1.82, 2.24) is 5.32 Å². The molecule has 5 N–H and O–H groups in total. The van der Waals surface area contributed by atoms with Crippen LogP contribution >= 0.6 is 0 Å². The molecule has 1 fully saturated rings. The molecule has 4 nitrogen and oxygen atoms in total. The Labute approximate surface area is 90.1 Å². The summed E-state index contributed by atoms with van der Waals surface area (Å²) in [5, 5.41) is 3.14. The van der Waals surface area contributed by atoms with Gasteiger partial charge in [-0.25, -0.2) is 0 Å². The number of allylic oxidation sites excluding steroid dienone is 1. The second-order valence-electron chi connectivity index (χ2n) is 4.60. The van der Waals surface area contributed by atoms with E-state index in [1.54, 1.807) is 0 Å². The minimum Gasteiger partial charge on any atom is -0.401 e. The van der Waals surface area contributed by atoms with Gasteiger partial charge in [0.2, 0.25) is 0 Å². The van der Waals surface area contributed by atoms with Crippen LogP contribution in [0.2, 0.25) is 0 Å². The molecule has 0 bridgehead atoms. The lowest BCUT2D eigenvalue weighted by Crippen LogP contribution is -2.41. The zero-order valence-electron chi connectivity index (χ0n) is 8.91. The number of rotatable bonds is 1. The van der Waals surface area contributed by atoms with Crippen LogP contribution in [0, 0.1) is 11.8 Å². The van der Waals surface area contributed by atoms with Crippen LogP contribution in [-0.4, -0.2) is 18.4 Å². The van der Waals surface area contributed by atoms with Gasteiger partial charge in [0.25, 0.3) is 0 Å². The lowest BCUT2D eigenvalue weighted by Gasteiger charge is -2.34. The number of Topliss-reactive ketones (excluding diaryl/α,β-unsaturated/α-hetero) is 1. The van der Waals surface area contributed by atoms with Gasteiger partial charge in [0.05, 0.1) is 6.04 Å². The van der Waals surface area contributed by atoms with Crippen LogP contribution in [-0.2, 0) is 4.79 Å². The molecule has 3 atom stereocenters. The highest BCUT2D eigenvalue weighted by Crippen LogP contribution is 2.33. The van der Waals surface area contributed by atoms with Gasteiger partial charge in [-0.15, -0.1) is 0 Å². The van der Waals surface area contributed by atoms with Crippen molar-refractivity contribution in [3.63, 3.8) is 0 Å². The van der Waals surface area contributed by atoms with Crippen molar-refractivity contribution in [3.05, 3.63) is 11.9 Å². The van der Waals surface area contributed by atoms with E-state index in [4.69, 9.17) is 11.5 Å². The van der Waals surface area contributed by atoms with Gasteiger partial charge in [-0.3, -0.25) is 4.79 Å². The van der Waals surface area contributed by atoms with E-state index in [1.165, 1.54) is 0 Å². The van der Waals surface area contributed by atoms with Gasteiger partial charge >= 0.3 is 0 Å². The minimum absolute atomic E-state index is 0.211. The number of nitrogens with one attached hydrogen (secondary N) is 1. The van der Waals surface area contributed by atoms with Crippen LogP contribution in [0.5, 0.6) is 0 Å². The molecule has 1 aliphatic carbocycles. The molecule has 0 saturated heterocycles. The van der Waals surface area contributed by atoms with Crippen molar-refractivity contribution < 1.29 is 4.79 Å². The van der Waals surface area contributed by atoms with E-state index < -0.39 is 0 Å². The molecule has 1 saturated carbocycles. The van der Waals surface area contributed by atoms with Crippen LogP contribution in [0.3, 0.4) is 0 Å². The number of nitrogens with two attached hydrogens (primary N) is 2. The summed E-state index contributed by atoms with van der Waals surface area (Å²) < 4.78 is 0. The van der Waals surface area contributed by atoms with Crippen molar-refractivity contribution in [1.29, 1.82) is 0 Å². The summed E-state index contributed by atoms with van der Waals surface area (Å²) in [4.78, 5) is 11.3. The van der Waals surface area contributed by atoms with Crippen molar-refractivity contribution in [2.45, 2.75) is 31.7 Å². The van der Waals surface area contributed by atoms with Gasteiger partial charge in [0.1, 0.15) is 5.78 Å². The lowest BCUT2D eigenvalue weighted by atomic mass is 9.74. The SMILES string of the molecule is NC1=CNCCC1C1CCC(=O)C(N)C1. The highest BCUT2D eigenvalue weighted by atomic mass is 16.1. The first-order valence-electron chi connectivity index (χ1n) is 5.65. The summed E-state index contributed by atoms with van der Waals surface area (Å²) in [7, 11) is 0. The van der Waals surface area contributed by atoms with E-state index in [0.29, 0.717) is 18.3 Å². The maximum atomic E-state index is 11.3. The molecule has 84 valence electrons. The average molecular weight is 209 g/mol. The lowest BCUT2D eigenvalue weighted by molar-refractivity contribution is -0.122. The highest BCUT2D eigenvalue weighted by Gasteiger charge is 2.32. The molecule has 0 radical (unpaired) electrons. The van der Waals surface area contributed by atoms with Crippen molar-refractivity contribution in [2.24, 2.45) is 23.3 Å². The Morgan fingerprint density at radius 1 is 1.40 bits per heavy atom. The van der Waals surface area contributed by atoms with Crippen LogP contribution in [0.4, 0.5) is 0 Å². The topological polar surface area (TPSA) is 81.1 Å². The van der Waals surface area contributed by atoms with E-state index in [1.807, 2.05) is 6.20 Å². The molecule has 4 heteroatoms. The Bertz CT molecular complexity index is 288. The third-order valence-electron chi connectivity index (χ3n) is 3.60. The van der Waals surface area contributed by atoms with E-state index in [9.17, 15) is 4.79 Å². The molecule has 2 rings (SSSR count). The Morgan fingerprint density at radius 2 is 2.20 bits per heavy atom. The fraction of sp³-hybridized carbons (Fsp3) is 0.727. The monoisotopic (exact) mass is 209 g/mol. The van der Waals surface area contributed by atoms with E-state index in [-0.39, 0.29) is 11.8 Å². The first-order chi connectivity index (χ1) is 7.18. The molecule has 0 aromatic heterocycles. The van der Waals surface area contributed by atoms with E-state index in [0.717, 1.165) is 31.5 Å². The average Bonchev–Trinajstić information content (AvgIpc) is 2.23. The standard InChI is InChI=1S/C11H19N3O/c12-9-5-7(1-2-11(9)15)8-3-4-14-6-10(8)13/h6-9,14H,1-5,12-13H2. The summed E-state index contributed by atoms with van der Waals surface area (Å²) in [6.07, 6.45) is 5.34. The smallest absolute Gasteiger partial charge is 0.149 e. The fourth-order valence-electron chi connectivity index (χ4n) is 2.66. The Balaban J connectivity index is 2.02. The fourth-order valence-corrected chi connectivity index (χ4v) is 2.66. The molecule has 0 amide bonds. The van der Waals surface area contributed by atoms with Crippen molar-refractivity contribution in [3.8, 4) is 0 Å². The second kappa shape index (κ2) is 4.23. The van der Waals surface area contributed by atoms with Gasteiger partial charge in [0.15, 0.2) is 0 Å². The summed E-state index contributed by atoms with van der Waals surface area (Å²) >= 11 is 0. The van der Waals surface area contributed by atoms with Gasteiger partial charge in [-0.2, -0.15) is 0 Å². The van der Waals surface area contributed by atoms with Crippen LogP contribution in [0.15, 0.2) is 11.9 Å². The van der Waals surface area contributed by atoms with Crippen LogP contribution in [0.25, 0.3) is 0 Å². The molecule has 0 aromatic rings. The number of ketones is 1. The zero-order valence-corrected chi connectivity index (χ0v) is 8.91. The summed E-state index contributed by atoms with van der Waals surface area (Å²) in [5.41, 5.74) is 12.7. The predicted molar refractivity (Wildman–Crippen MR) is 58.7 cm³/mol. The maximum Gasteiger partial charge on any atom is 0.149 e. The Kier molecular flexibility index (Phi) is 2.95. The molecular weight excluding hydrogens is 190 g/mol. The first kappa shape index (κ1) is 10.5. The first-order valence-corrected chi connectivity index (χ1v) is 5.65. The predicted octanol–water partition coefficient (Wildman–Crippen LogP) is 0.0925. The van der Waals surface area contributed by atoms with E-state index in [2.05, 4.69) is 5.32 Å². The van der Waals surface area contributed by atoms with Gasteiger partial charge in [-0.1, -0.05) is 0 Å². The van der Waals surface area contributed by atoms with Gasteiger partial charge in [0, 0.05) is 30.8 Å². The largest absolute Gasteiger partial charge is 0.401 e.